The predicted octanol–water partition coefficient (Wildman–Crippen LogP) is 4.12. The number of benzene rings is 2. The molecule has 1 fully saturated rings. The van der Waals surface area contributed by atoms with Gasteiger partial charge in [0, 0.05) is 18.7 Å². The lowest BCUT2D eigenvalue weighted by Crippen LogP contribution is -2.47. The molecule has 1 amide bonds. The SMILES string of the molecule is CCOc1ccc(C2Nn3c(nnc3-c3ccccc3)SC2C(=O)N2CCCCC2)cc1. The highest BCUT2D eigenvalue weighted by atomic mass is 32.2. The standard InChI is InChI=1S/C24H27N5O2S/c1-2-31-19-13-11-17(12-14-19)20-21(23(30)28-15-7-4-8-16-28)32-24-26-25-22(29(24)27-20)18-9-5-3-6-10-18/h3,5-6,9-14,20-21,27H,2,4,7-8,15-16H2,1H3. The largest absolute Gasteiger partial charge is 0.494 e. The minimum Gasteiger partial charge on any atom is -0.494 e. The molecule has 32 heavy (non-hydrogen) atoms. The van der Waals surface area contributed by atoms with Crippen molar-refractivity contribution < 1.29 is 9.53 Å². The van der Waals surface area contributed by atoms with Gasteiger partial charge in [-0.2, -0.15) is 0 Å². The number of piperidine rings is 1. The molecule has 0 radical (unpaired) electrons. The first kappa shape index (κ1) is 20.9. The summed E-state index contributed by atoms with van der Waals surface area (Å²) in [7, 11) is 0. The lowest BCUT2D eigenvalue weighted by Gasteiger charge is -2.37. The summed E-state index contributed by atoms with van der Waals surface area (Å²) in [5.41, 5.74) is 5.58. The highest BCUT2D eigenvalue weighted by Gasteiger charge is 2.40. The number of amides is 1. The minimum atomic E-state index is -0.314. The maximum atomic E-state index is 13.6. The molecule has 2 aromatic carbocycles. The topological polar surface area (TPSA) is 72.3 Å². The Kier molecular flexibility index (Phi) is 6.03. The molecule has 1 saturated heterocycles. The van der Waals surface area contributed by atoms with Crippen LogP contribution < -0.4 is 10.2 Å². The van der Waals surface area contributed by atoms with E-state index >= 15 is 0 Å². The summed E-state index contributed by atoms with van der Waals surface area (Å²) < 4.78 is 7.53. The van der Waals surface area contributed by atoms with E-state index in [0.29, 0.717) is 11.8 Å². The number of hydrogen-bond donors (Lipinski definition) is 1. The predicted molar refractivity (Wildman–Crippen MR) is 125 cm³/mol. The van der Waals surface area contributed by atoms with Gasteiger partial charge in [0.2, 0.25) is 11.1 Å². The fourth-order valence-electron chi connectivity index (χ4n) is 4.30. The number of thioether (sulfide) groups is 1. The number of rotatable bonds is 5. The fourth-order valence-corrected chi connectivity index (χ4v) is 5.46. The maximum absolute atomic E-state index is 13.6. The van der Waals surface area contributed by atoms with Gasteiger partial charge >= 0.3 is 0 Å². The minimum absolute atomic E-state index is 0.164. The summed E-state index contributed by atoms with van der Waals surface area (Å²) in [6, 6.07) is 17.8. The molecule has 3 heterocycles. The molecule has 2 aliphatic rings. The van der Waals surface area contributed by atoms with Crippen LogP contribution in [-0.2, 0) is 4.79 Å². The highest BCUT2D eigenvalue weighted by Crippen LogP contribution is 2.40. The quantitative estimate of drug-likeness (QED) is 0.632. The first-order chi connectivity index (χ1) is 15.7. The van der Waals surface area contributed by atoms with Crippen molar-refractivity contribution in [2.75, 3.05) is 25.1 Å². The Labute approximate surface area is 192 Å². The van der Waals surface area contributed by atoms with Crippen LogP contribution in [0.2, 0.25) is 0 Å². The van der Waals surface area contributed by atoms with Crippen molar-refractivity contribution in [1.82, 2.24) is 19.8 Å². The maximum Gasteiger partial charge on any atom is 0.238 e. The Morgan fingerprint density at radius 2 is 1.81 bits per heavy atom. The molecule has 2 unspecified atom stereocenters. The number of ether oxygens (including phenoxy) is 1. The Morgan fingerprint density at radius 1 is 1.06 bits per heavy atom. The number of aromatic nitrogens is 3. The molecule has 2 atom stereocenters. The summed E-state index contributed by atoms with van der Waals surface area (Å²) >= 11 is 1.50. The molecule has 0 bridgehead atoms. The number of nitrogens with zero attached hydrogens (tertiary/aromatic N) is 4. The third-order valence-corrected chi connectivity index (χ3v) is 7.13. The van der Waals surface area contributed by atoms with Crippen LogP contribution >= 0.6 is 11.8 Å². The molecule has 8 heteroatoms. The van der Waals surface area contributed by atoms with Crippen LogP contribution in [0.15, 0.2) is 59.8 Å². The Balaban J connectivity index is 1.50. The number of nitrogens with one attached hydrogen (secondary N) is 1. The van der Waals surface area contributed by atoms with Gasteiger partial charge in [0.25, 0.3) is 0 Å². The molecular formula is C24H27N5O2S. The number of hydrogen-bond acceptors (Lipinski definition) is 6. The van der Waals surface area contributed by atoms with Crippen molar-refractivity contribution in [1.29, 1.82) is 0 Å². The van der Waals surface area contributed by atoms with Crippen molar-refractivity contribution in [2.24, 2.45) is 0 Å². The molecule has 0 saturated carbocycles. The van der Waals surface area contributed by atoms with E-state index in [-0.39, 0.29) is 17.2 Å². The average molecular weight is 450 g/mol. The summed E-state index contributed by atoms with van der Waals surface area (Å²) in [6.07, 6.45) is 3.33. The summed E-state index contributed by atoms with van der Waals surface area (Å²) in [5.74, 6) is 1.73. The lowest BCUT2D eigenvalue weighted by molar-refractivity contribution is -0.131. The van der Waals surface area contributed by atoms with Crippen molar-refractivity contribution in [3.63, 3.8) is 0 Å². The summed E-state index contributed by atoms with van der Waals surface area (Å²) in [4.78, 5) is 15.6. The van der Waals surface area contributed by atoms with Gasteiger partial charge in [0.05, 0.1) is 12.6 Å². The highest BCUT2D eigenvalue weighted by molar-refractivity contribution is 8.00. The van der Waals surface area contributed by atoms with E-state index < -0.39 is 0 Å². The zero-order valence-corrected chi connectivity index (χ0v) is 18.9. The molecule has 1 aromatic heterocycles. The molecule has 2 aliphatic heterocycles. The molecule has 5 rings (SSSR count). The second-order valence-electron chi connectivity index (χ2n) is 8.04. The van der Waals surface area contributed by atoms with E-state index in [2.05, 4.69) is 15.6 Å². The third kappa shape index (κ3) is 4.07. The van der Waals surface area contributed by atoms with E-state index in [0.717, 1.165) is 48.6 Å². The molecule has 0 spiro atoms. The van der Waals surface area contributed by atoms with Gasteiger partial charge in [-0.05, 0) is 43.9 Å². The second kappa shape index (κ2) is 9.24. The van der Waals surface area contributed by atoms with Crippen molar-refractivity contribution in [3.8, 4) is 17.1 Å². The fraction of sp³-hybridized carbons (Fsp3) is 0.375. The Bertz CT molecular complexity index is 1060. The lowest BCUT2D eigenvalue weighted by atomic mass is 10.0. The molecule has 3 aromatic rings. The van der Waals surface area contributed by atoms with Crippen molar-refractivity contribution in [2.45, 2.75) is 42.6 Å². The number of carbonyl (C=O) groups is 1. The third-order valence-electron chi connectivity index (χ3n) is 5.93. The van der Waals surface area contributed by atoms with Gasteiger partial charge in [-0.15, -0.1) is 10.2 Å². The van der Waals surface area contributed by atoms with Gasteiger partial charge in [-0.3, -0.25) is 4.79 Å². The van der Waals surface area contributed by atoms with Crippen LogP contribution in [0.25, 0.3) is 11.4 Å². The zero-order valence-electron chi connectivity index (χ0n) is 18.1. The van der Waals surface area contributed by atoms with Crippen LogP contribution in [0.5, 0.6) is 5.75 Å². The monoisotopic (exact) mass is 449 g/mol. The van der Waals surface area contributed by atoms with E-state index in [9.17, 15) is 4.79 Å². The zero-order chi connectivity index (χ0) is 21.9. The number of likely N-dealkylation sites (tertiary alicyclic amines) is 1. The van der Waals surface area contributed by atoms with Crippen LogP contribution in [0, 0.1) is 0 Å². The van der Waals surface area contributed by atoms with Gasteiger partial charge in [-0.1, -0.05) is 54.2 Å². The van der Waals surface area contributed by atoms with Crippen LogP contribution in [-0.4, -0.2) is 50.6 Å². The molecule has 7 nitrogen and oxygen atoms in total. The molecule has 1 N–H and O–H groups in total. The van der Waals surface area contributed by atoms with Gasteiger partial charge < -0.3 is 15.1 Å². The normalized spacial score (nSPS) is 20.3. The van der Waals surface area contributed by atoms with Gasteiger partial charge in [0.15, 0.2) is 5.82 Å². The van der Waals surface area contributed by atoms with Crippen molar-refractivity contribution >= 4 is 17.7 Å². The Morgan fingerprint density at radius 3 is 2.53 bits per heavy atom. The van der Waals surface area contributed by atoms with E-state index in [1.165, 1.54) is 18.2 Å². The second-order valence-corrected chi connectivity index (χ2v) is 9.15. The molecular weight excluding hydrogens is 422 g/mol. The van der Waals surface area contributed by atoms with E-state index in [1.54, 1.807) is 0 Å². The van der Waals surface area contributed by atoms with Crippen LogP contribution in [0.3, 0.4) is 0 Å². The Hall–Kier alpha value is -3.00. The van der Waals surface area contributed by atoms with Gasteiger partial charge in [0.1, 0.15) is 11.0 Å². The molecule has 0 aliphatic carbocycles. The summed E-state index contributed by atoms with van der Waals surface area (Å²) in [5, 5.41) is 9.22. The first-order valence-electron chi connectivity index (χ1n) is 11.2. The number of fused-ring (bicyclic) bond motifs is 1. The summed E-state index contributed by atoms with van der Waals surface area (Å²) in [6.45, 7) is 4.25. The van der Waals surface area contributed by atoms with Crippen LogP contribution in [0.1, 0.15) is 37.8 Å². The molecule has 166 valence electrons. The first-order valence-corrected chi connectivity index (χ1v) is 12.1. The van der Waals surface area contributed by atoms with Gasteiger partial charge in [-0.25, -0.2) is 4.68 Å². The van der Waals surface area contributed by atoms with E-state index in [1.807, 2.05) is 71.1 Å². The number of carbonyl (C=O) groups excluding carboxylic acids is 1. The average Bonchev–Trinajstić information content (AvgIpc) is 3.27. The van der Waals surface area contributed by atoms with E-state index in [4.69, 9.17) is 4.74 Å². The van der Waals surface area contributed by atoms with Crippen molar-refractivity contribution in [3.05, 3.63) is 60.2 Å². The smallest absolute Gasteiger partial charge is 0.238 e. The van der Waals surface area contributed by atoms with Crippen LogP contribution in [0.4, 0.5) is 0 Å².